The third-order valence-corrected chi connectivity index (χ3v) is 3.73. The molecule has 1 aliphatic rings. The van der Waals surface area contributed by atoms with Gasteiger partial charge in [0.05, 0.1) is 12.1 Å². The third kappa shape index (κ3) is 4.71. The van der Waals surface area contributed by atoms with Gasteiger partial charge in [-0.05, 0) is 24.5 Å². The topological polar surface area (TPSA) is 58.2 Å². The standard InChI is InChI=1S/C16H19F3N2O2/c1-2-5-14(22)20-9-15(23)21-13-8-11(13)10-6-3-4-7-12(10)16(17,18)19/h3-4,6-7,11,13H,2,5,8-9H2,1H3,(H,20,22)(H,21,23)/t11-,13+/m0/s1. The van der Waals surface area contributed by atoms with Crippen molar-refractivity contribution in [1.82, 2.24) is 10.6 Å². The molecule has 0 aromatic heterocycles. The fourth-order valence-electron chi connectivity index (χ4n) is 2.53. The Hall–Kier alpha value is -2.05. The van der Waals surface area contributed by atoms with Crippen LogP contribution in [0, 0.1) is 0 Å². The number of alkyl halides is 3. The van der Waals surface area contributed by atoms with Gasteiger partial charge >= 0.3 is 6.18 Å². The van der Waals surface area contributed by atoms with E-state index < -0.39 is 11.7 Å². The van der Waals surface area contributed by atoms with Crippen LogP contribution in [0.3, 0.4) is 0 Å². The molecule has 23 heavy (non-hydrogen) atoms. The average molecular weight is 328 g/mol. The van der Waals surface area contributed by atoms with Crippen molar-refractivity contribution in [2.24, 2.45) is 0 Å². The largest absolute Gasteiger partial charge is 0.416 e. The second kappa shape index (κ2) is 7.02. The van der Waals surface area contributed by atoms with E-state index in [-0.39, 0.29) is 35.9 Å². The first kappa shape index (κ1) is 17.3. The minimum Gasteiger partial charge on any atom is -0.351 e. The van der Waals surface area contributed by atoms with Gasteiger partial charge in [-0.1, -0.05) is 25.1 Å². The molecule has 0 heterocycles. The fourth-order valence-corrected chi connectivity index (χ4v) is 2.53. The van der Waals surface area contributed by atoms with Gasteiger partial charge in [0.2, 0.25) is 11.8 Å². The molecule has 0 aliphatic heterocycles. The predicted molar refractivity (Wildman–Crippen MR) is 78.7 cm³/mol. The molecule has 2 N–H and O–H groups in total. The summed E-state index contributed by atoms with van der Waals surface area (Å²) in [6.45, 7) is 1.70. The molecular weight excluding hydrogens is 309 g/mol. The summed E-state index contributed by atoms with van der Waals surface area (Å²) in [7, 11) is 0. The van der Waals surface area contributed by atoms with Crippen LogP contribution in [0.2, 0.25) is 0 Å². The summed E-state index contributed by atoms with van der Waals surface area (Å²) < 4.78 is 38.9. The number of hydrogen-bond donors (Lipinski definition) is 2. The Balaban J connectivity index is 1.89. The lowest BCUT2D eigenvalue weighted by molar-refractivity contribution is -0.138. The molecule has 126 valence electrons. The van der Waals surface area contributed by atoms with E-state index in [4.69, 9.17) is 0 Å². The van der Waals surface area contributed by atoms with E-state index in [1.165, 1.54) is 12.1 Å². The van der Waals surface area contributed by atoms with Crippen LogP contribution in [-0.2, 0) is 15.8 Å². The molecule has 4 nitrogen and oxygen atoms in total. The fraction of sp³-hybridized carbons (Fsp3) is 0.500. The normalized spacial score (nSPS) is 20.0. The zero-order valence-corrected chi connectivity index (χ0v) is 12.7. The SMILES string of the molecule is CCCC(=O)NCC(=O)N[C@@H]1C[C@H]1c1ccccc1C(F)(F)F. The number of amides is 2. The van der Waals surface area contributed by atoms with Gasteiger partial charge in [0.15, 0.2) is 0 Å². The first-order chi connectivity index (χ1) is 10.8. The van der Waals surface area contributed by atoms with Gasteiger partial charge in [0.25, 0.3) is 0 Å². The Bertz CT molecular complexity index is 587. The molecule has 0 unspecified atom stereocenters. The molecule has 2 atom stereocenters. The Labute approximate surface area is 132 Å². The molecule has 2 amide bonds. The van der Waals surface area contributed by atoms with E-state index in [0.29, 0.717) is 19.3 Å². The summed E-state index contributed by atoms with van der Waals surface area (Å²) in [4.78, 5) is 23.0. The molecule has 1 fully saturated rings. The molecule has 1 aliphatic carbocycles. The van der Waals surface area contributed by atoms with Crippen molar-refractivity contribution in [3.05, 3.63) is 35.4 Å². The summed E-state index contributed by atoms with van der Waals surface area (Å²) in [6, 6.07) is 5.10. The van der Waals surface area contributed by atoms with Gasteiger partial charge in [0.1, 0.15) is 0 Å². The second-order valence-electron chi connectivity index (χ2n) is 5.63. The van der Waals surface area contributed by atoms with Gasteiger partial charge in [0, 0.05) is 18.4 Å². The number of nitrogens with one attached hydrogen (secondary N) is 2. The van der Waals surface area contributed by atoms with Crippen LogP contribution in [-0.4, -0.2) is 24.4 Å². The maximum absolute atomic E-state index is 13.0. The van der Waals surface area contributed by atoms with Crippen LogP contribution in [0.15, 0.2) is 24.3 Å². The average Bonchev–Trinajstić information content (AvgIpc) is 3.23. The van der Waals surface area contributed by atoms with Crippen LogP contribution in [0.1, 0.15) is 43.2 Å². The van der Waals surface area contributed by atoms with Crippen LogP contribution >= 0.6 is 0 Å². The monoisotopic (exact) mass is 328 g/mol. The van der Waals surface area contributed by atoms with E-state index >= 15 is 0 Å². The van der Waals surface area contributed by atoms with Crippen molar-refractivity contribution in [2.45, 2.75) is 44.3 Å². The van der Waals surface area contributed by atoms with Gasteiger partial charge in [-0.15, -0.1) is 0 Å². The summed E-state index contributed by atoms with van der Waals surface area (Å²) in [5.41, 5.74) is -0.446. The first-order valence-corrected chi connectivity index (χ1v) is 7.55. The number of halogens is 3. The molecule has 0 spiro atoms. The van der Waals surface area contributed by atoms with Crippen molar-refractivity contribution in [3.63, 3.8) is 0 Å². The van der Waals surface area contributed by atoms with Crippen molar-refractivity contribution in [3.8, 4) is 0 Å². The van der Waals surface area contributed by atoms with E-state index in [2.05, 4.69) is 10.6 Å². The van der Waals surface area contributed by atoms with E-state index in [0.717, 1.165) is 6.07 Å². The maximum atomic E-state index is 13.0. The summed E-state index contributed by atoms with van der Waals surface area (Å²) in [5, 5.41) is 5.13. The third-order valence-electron chi connectivity index (χ3n) is 3.73. The molecule has 0 radical (unpaired) electrons. The highest BCUT2D eigenvalue weighted by molar-refractivity contribution is 5.85. The lowest BCUT2D eigenvalue weighted by Gasteiger charge is -2.12. The molecule has 7 heteroatoms. The lowest BCUT2D eigenvalue weighted by Crippen LogP contribution is -2.38. The highest BCUT2D eigenvalue weighted by Gasteiger charge is 2.44. The van der Waals surface area contributed by atoms with Crippen molar-refractivity contribution >= 4 is 11.8 Å². The molecule has 0 saturated heterocycles. The number of carbonyl (C=O) groups is 2. The Morgan fingerprint density at radius 1 is 1.22 bits per heavy atom. The summed E-state index contributed by atoms with van der Waals surface area (Å²) in [6.07, 6.45) is -2.89. The molecule has 0 bridgehead atoms. The smallest absolute Gasteiger partial charge is 0.351 e. The minimum atomic E-state index is -4.40. The Morgan fingerprint density at radius 3 is 2.57 bits per heavy atom. The number of benzene rings is 1. The zero-order chi connectivity index (χ0) is 17.0. The minimum absolute atomic E-state index is 0.150. The molecule has 1 saturated carbocycles. The van der Waals surface area contributed by atoms with Crippen molar-refractivity contribution in [1.29, 1.82) is 0 Å². The van der Waals surface area contributed by atoms with Crippen LogP contribution < -0.4 is 10.6 Å². The van der Waals surface area contributed by atoms with Crippen molar-refractivity contribution < 1.29 is 22.8 Å². The Morgan fingerprint density at radius 2 is 1.91 bits per heavy atom. The maximum Gasteiger partial charge on any atom is 0.416 e. The lowest BCUT2D eigenvalue weighted by atomic mass is 10.0. The van der Waals surface area contributed by atoms with Crippen molar-refractivity contribution in [2.75, 3.05) is 6.54 Å². The number of rotatable bonds is 6. The van der Waals surface area contributed by atoms with Crippen LogP contribution in [0.4, 0.5) is 13.2 Å². The molecule has 1 aromatic carbocycles. The molecular formula is C16H19F3N2O2. The van der Waals surface area contributed by atoms with Gasteiger partial charge in [-0.25, -0.2) is 0 Å². The zero-order valence-electron chi connectivity index (χ0n) is 12.7. The summed E-state index contributed by atoms with van der Waals surface area (Å²) >= 11 is 0. The van der Waals surface area contributed by atoms with Crippen LogP contribution in [0.5, 0.6) is 0 Å². The molecule has 2 rings (SSSR count). The van der Waals surface area contributed by atoms with Gasteiger partial charge < -0.3 is 10.6 Å². The van der Waals surface area contributed by atoms with Crippen LogP contribution in [0.25, 0.3) is 0 Å². The van der Waals surface area contributed by atoms with E-state index in [1.807, 2.05) is 6.92 Å². The summed E-state index contributed by atoms with van der Waals surface area (Å²) in [5.74, 6) is -0.924. The van der Waals surface area contributed by atoms with Gasteiger partial charge in [-0.3, -0.25) is 9.59 Å². The highest BCUT2D eigenvalue weighted by Crippen LogP contribution is 2.46. The van der Waals surface area contributed by atoms with E-state index in [1.54, 1.807) is 6.07 Å². The highest BCUT2D eigenvalue weighted by atomic mass is 19.4. The molecule has 1 aromatic rings. The first-order valence-electron chi connectivity index (χ1n) is 7.55. The van der Waals surface area contributed by atoms with E-state index in [9.17, 15) is 22.8 Å². The number of carbonyl (C=O) groups excluding carboxylic acids is 2. The quantitative estimate of drug-likeness (QED) is 0.843. The number of hydrogen-bond acceptors (Lipinski definition) is 2. The second-order valence-corrected chi connectivity index (χ2v) is 5.63. The Kier molecular flexibility index (Phi) is 5.28. The predicted octanol–water partition coefficient (Wildman–Crippen LogP) is 2.59. The van der Waals surface area contributed by atoms with Gasteiger partial charge in [-0.2, -0.15) is 13.2 Å².